The van der Waals surface area contributed by atoms with E-state index < -0.39 is 0 Å². The van der Waals surface area contributed by atoms with Crippen LogP contribution in [0, 0.1) is 12.8 Å². The van der Waals surface area contributed by atoms with Crippen LogP contribution in [-0.2, 0) is 4.79 Å². The maximum atomic E-state index is 12.2. The van der Waals surface area contributed by atoms with Crippen LogP contribution in [0.1, 0.15) is 32.3 Å². The summed E-state index contributed by atoms with van der Waals surface area (Å²) in [5.74, 6) is 1.54. The molecule has 2 N–H and O–H groups in total. The largest absolute Gasteiger partial charge is 0.491 e. The molecule has 0 radical (unpaired) electrons. The van der Waals surface area contributed by atoms with Gasteiger partial charge < -0.3 is 15.4 Å². The van der Waals surface area contributed by atoms with Crippen LogP contribution in [0.25, 0.3) is 0 Å². The Hall–Kier alpha value is -1.55. The fraction of sp³-hybridized carbons (Fsp3) is 0.588. The Morgan fingerprint density at radius 3 is 2.81 bits per heavy atom. The van der Waals surface area contributed by atoms with Crippen molar-refractivity contribution in [3.63, 3.8) is 0 Å². The first-order valence-corrected chi connectivity index (χ1v) is 7.78. The summed E-state index contributed by atoms with van der Waals surface area (Å²) in [6, 6.07) is 7.88. The van der Waals surface area contributed by atoms with Crippen LogP contribution in [0.15, 0.2) is 24.3 Å². The maximum absolute atomic E-state index is 12.2. The SMILES string of the molecule is Cc1ccc(OCC(C)NC(=O)C2CC(C)CCN2)cc1. The van der Waals surface area contributed by atoms with Crippen LogP contribution in [0.4, 0.5) is 0 Å². The van der Waals surface area contributed by atoms with Gasteiger partial charge in [0.25, 0.3) is 0 Å². The highest BCUT2D eigenvalue weighted by Crippen LogP contribution is 2.15. The average molecular weight is 290 g/mol. The Balaban J connectivity index is 1.74. The molecule has 0 bridgehead atoms. The minimum absolute atomic E-state index is 0.00200. The molecule has 1 amide bonds. The van der Waals surface area contributed by atoms with E-state index in [0.717, 1.165) is 25.1 Å². The second kappa shape index (κ2) is 7.46. The van der Waals surface area contributed by atoms with E-state index >= 15 is 0 Å². The van der Waals surface area contributed by atoms with E-state index in [2.05, 4.69) is 17.6 Å². The molecule has 1 aliphatic heterocycles. The highest BCUT2D eigenvalue weighted by molar-refractivity contribution is 5.82. The molecule has 1 fully saturated rings. The van der Waals surface area contributed by atoms with Gasteiger partial charge in [0.2, 0.25) is 5.91 Å². The van der Waals surface area contributed by atoms with Gasteiger partial charge in [-0.25, -0.2) is 0 Å². The lowest BCUT2D eigenvalue weighted by Gasteiger charge is -2.28. The highest BCUT2D eigenvalue weighted by Gasteiger charge is 2.25. The normalized spacial score (nSPS) is 23.4. The molecule has 3 unspecified atom stereocenters. The Morgan fingerprint density at radius 1 is 1.43 bits per heavy atom. The number of aryl methyl sites for hydroxylation is 1. The number of carbonyl (C=O) groups excluding carboxylic acids is 1. The quantitative estimate of drug-likeness (QED) is 0.874. The van der Waals surface area contributed by atoms with Crippen molar-refractivity contribution in [2.24, 2.45) is 5.92 Å². The van der Waals surface area contributed by atoms with Crippen LogP contribution in [0.5, 0.6) is 5.75 Å². The average Bonchev–Trinajstić information content (AvgIpc) is 2.46. The summed E-state index contributed by atoms with van der Waals surface area (Å²) in [5.41, 5.74) is 1.21. The molecule has 1 aromatic rings. The van der Waals surface area contributed by atoms with E-state index in [1.165, 1.54) is 5.56 Å². The van der Waals surface area contributed by atoms with Crippen LogP contribution >= 0.6 is 0 Å². The predicted octanol–water partition coefficient (Wildman–Crippen LogP) is 2.27. The molecule has 3 atom stereocenters. The van der Waals surface area contributed by atoms with E-state index in [1.807, 2.05) is 38.1 Å². The first kappa shape index (κ1) is 15.8. The highest BCUT2D eigenvalue weighted by atomic mass is 16.5. The zero-order chi connectivity index (χ0) is 15.2. The summed E-state index contributed by atoms with van der Waals surface area (Å²) in [4.78, 5) is 12.2. The molecule has 1 saturated heterocycles. The monoisotopic (exact) mass is 290 g/mol. The number of carbonyl (C=O) groups is 1. The third-order valence-electron chi connectivity index (χ3n) is 3.89. The molecule has 0 aliphatic carbocycles. The maximum Gasteiger partial charge on any atom is 0.237 e. The molecule has 1 aliphatic rings. The molecular weight excluding hydrogens is 264 g/mol. The van der Waals surface area contributed by atoms with Gasteiger partial charge in [0.15, 0.2) is 0 Å². The van der Waals surface area contributed by atoms with Gasteiger partial charge >= 0.3 is 0 Å². The summed E-state index contributed by atoms with van der Waals surface area (Å²) in [7, 11) is 0. The van der Waals surface area contributed by atoms with Gasteiger partial charge in [0, 0.05) is 0 Å². The van der Waals surface area contributed by atoms with Crippen molar-refractivity contribution in [2.75, 3.05) is 13.2 Å². The van der Waals surface area contributed by atoms with Crippen LogP contribution in [-0.4, -0.2) is 31.1 Å². The van der Waals surface area contributed by atoms with Crippen molar-refractivity contribution in [1.82, 2.24) is 10.6 Å². The first-order valence-electron chi connectivity index (χ1n) is 7.78. The molecular formula is C17H26N2O2. The standard InChI is InChI=1S/C17H26N2O2/c1-12-4-6-15(7-5-12)21-11-14(3)19-17(20)16-10-13(2)8-9-18-16/h4-7,13-14,16,18H,8-11H2,1-3H3,(H,19,20). The predicted molar refractivity (Wildman–Crippen MR) is 84.5 cm³/mol. The number of benzene rings is 1. The van der Waals surface area contributed by atoms with E-state index in [0.29, 0.717) is 12.5 Å². The smallest absolute Gasteiger partial charge is 0.237 e. The molecule has 4 nitrogen and oxygen atoms in total. The third-order valence-corrected chi connectivity index (χ3v) is 3.89. The summed E-state index contributed by atoms with van der Waals surface area (Å²) in [6.07, 6.45) is 2.06. The van der Waals surface area contributed by atoms with E-state index in [1.54, 1.807) is 0 Å². The molecule has 1 heterocycles. The van der Waals surface area contributed by atoms with Gasteiger partial charge in [-0.2, -0.15) is 0 Å². The molecule has 0 aromatic heterocycles. The van der Waals surface area contributed by atoms with Gasteiger partial charge in [0.1, 0.15) is 12.4 Å². The minimum atomic E-state index is -0.0597. The summed E-state index contributed by atoms with van der Waals surface area (Å²) in [5, 5.41) is 6.31. The topological polar surface area (TPSA) is 50.4 Å². The summed E-state index contributed by atoms with van der Waals surface area (Å²) >= 11 is 0. The van der Waals surface area contributed by atoms with E-state index in [-0.39, 0.29) is 18.0 Å². The number of hydrogen-bond acceptors (Lipinski definition) is 3. The van der Waals surface area contributed by atoms with Crippen molar-refractivity contribution in [1.29, 1.82) is 0 Å². The Kier molecular flexibility index (Phi) is 5.62. The van der Waals surface area contributed by atoms with Crippen LogP contribution < -0.4 is 15.4 Å². The number of amides is 1. The van der Waals surface area contributed by atoms with Gasteiger partial charge in [-0.1, -0.05) is 24.6 Å². The second-order valence-corrected chi connectivity index (χ2v) is 6.17. The zero-order valence-corrected chi connectivity index (χ0v) is 13.2. The van der Waals surface area contributed by atoms with Crippen LogP contribution in [0.2, 0.25) is 0 Å². The lowest BCUT2D eigenvalue weighted by Crippen LogP contribution is -2.51. The van der Waals surface area contributed by atoms with E-state index in [4.69, 9.17) is 4.74 Å². The van der Waals surface area contributed by atoms with Crippen molar-refractivity contribution in [2.45, 2.75) is 45.7 Å². The van der Waals surface area contributed by atoms with Crippen molar-refractivity contribution < 1.29 is 9.53 Å². The molecule has 116 valence electrons. The Labute approximate surface area is 127 Å². The van der Waals surface area contributed by atoms with Gasteiger partial charge in [-0.3, -0.25) is 4.79 Å². The summed E-state index contributed by atoms with van der Waals surface area (Å²) < 4.78 is 5.70. The molecule has 4 heteroatoms. The lowest BCUT2D eigenvalue weighted by atomic mass is 9.94. The van der Waals surface area contributed by atoms with Crippen molar-refractivity contribution in [3.05, 3.63) is 29.8 Å². The van der Waals surface area contributed by atoms with Gasteiger partial charge in [0.05, 0.1) is 12.1 Å². The zero-order valence-electron chi connectivity index (χ0n) is 13.2. The molecule has 2 rings (SSSR count). The Morgan fingerprint density at radius 2 is 2.14 bits per heavy atom. The molecule has 21 heavy (non-hydrogen) atoms. The lowest BCUT2D eigenvalue weighted by molar-refractivity contribution is -0.124. The minimum Gasteiger partial charge on any atom is -0.491 e. The molecule has 0 spiro atoms. The molecule has 0 saturated carbocycles. The number of rotatable bonds is 5. The van der Waals surface area contributed by atoms with E-state index in [9.17, 15) is 4.79 Å². The van der Waals surface area contributed by atoms with Crippen molar-refractivity contribution >= 4 is 5.91 Å². The van der Waals surface area contributed by atoms with Crippen molar-refractivity contribution in [3.8, 4) is 5.75 Å². The third kappa shape index (κ3) is 5.05. The van der Waals surface area contributed by atoms with Gasteiger partial charge in [-0.15, -0.1) is 0 Å². The second-order valence-electron chi connectivity index (χ2n) is 6.17. The Bertz CT molecular complexity index is 458. The fourth-order valence-corrected chi connectivity index (χ4v) is 2.55. The number of nitrogens with one attached hydrogen (secondary N) is 2. The number of ether oxygens (including phenoxy) is 1. The summed E-state index contributed by atoms with van der Waals surface area (Å²) in [6.45, 7) is 7.62. The first-order chi connectivity index (χ1) is 10.0. The van der Waals surface area contributed by atoms with Gasteiger partial charge in [-0.05, 0) is 51.3 Å². The van der Waals surface area contributed by atoms with Crippen LogP contribution in [0.3, 0.4) is 0 Å². The number of hydrogen-bond donors (Lipinski definition) is 2. The molecule has 1 aromatic carbocycles. The fourth-order valence-electron chi connectivity index (χ4n) is 2.55. The number of piperidine rings is 1.